The van der Waals surface area contributed by atoms with E-state index in [1.807, 2.05) is 4.90 Å². The maximum absolute atomic E-state index is 13.1. The highest BCUT2D eigenvalue weighted by Crippen LogP contribution is 2.32. The highest BCUT2D eigenvalue weighted by atomic mass is 19.4. The summed E-state index contributed by atoms with van der Waals surface area (Å²) in [7, 11) is 0. The van der Waals surface area contributed by atoms with Gasteiger partial charge in [-0.15, -0.1) is 0 Å². The number of rotatable bonds is 5. The Balaban J connectivity index is 1.42. The van der Waals surface area contributed by atoms with E-state index in [1.54, 1.807) is 23.1 Å². The fourth-order valence-electron chi connectivity index (χ4n) is 3.58. The standard InChI is InChI=1S/C23H22F3N3O2/c24-23(25,26)18-4-6-19(7-5-18)28-9-11-29(12-10-28)22(30)20-13-17(14-27)3-8-21(20)31-15-16-1-2-16/h3-8,13,16H,1-2,9-12,15H2. The van der Waals surface area contributed by atoms with Gasteiger partial charge >= 0.3 is 6.18 Å². The van der Waals surface area contributed by atoms with Crippen LogP contribution in [0.2, 0.25) is 0 Å². The number of halogens is 3. The molecule has 1 saturated heterocycles. The molecule has 1 aliphatic heterocycles. The second kappa shape index (κ2) is 8.50. The molecular weight excluding hydrogens is 407 g/mol. The maximum Gasteiger partial charge on any atom is 0.416 e. The van der Waals surface area contributed by atoms with E-state index in [2.05, 4.69) is 6.07 Å². The summed E-state index contributed by atoms with van der Waals surface area (Å²) in [6.07, 6.45) is -2.10. The number of nitrogens with zero attached hydrogens (tertiary/aromatic N) is 3. The molecule has 4 rings (SSSR count). The lowest BCUT2D eigenvalue weighted by Crippen LogP contribution is -2.48. The molecule has 31 heavy (non-hydrogen) atoms. The normalized spacial score (nSPS) is 16.7. The van der Waals surface area contributed by atoms with Gasteiger partial charge in [-0.1, -0.05) is 0 Å². The summed E-state index contributed by atoms with van der Waals surface area (Å²) in [5, 5.41) is 9.21. The quantitative estimate of drug-likeness (QED) is 0.710. The molecule has 0 atom stereocenters. The zero-order valence-corrected chi connectivity index (χ0v) is 16.9. The molecule has 0 radical (unpaired) electrons. The molecule has 1 aliphatic carbocycles. The number of hydrogen-bond acceptors (Lipinski definition) is 4. The number of carbonyl (C=O) groups excluding carboxylic acids is 1. The minimum Gasteiger partial charge on any atom is -0.492 e. The van der Waals surface area contributed by atoms with Crippen LogP contribution in [-0.2, 0) is 6.18 Å². The van der Waals surface area contributed by atoms with Crippen LogP contribution >= 0.6 is 0 Å². The van der Waals surface area contributed by atoms with E-state index in [9.17, 15) is 23.2 Å². The zero-order valence-electron chi connectivity index (χ0n) is 16.9. The number of benzene rings is 2. The van der Waals surface area contributed by atoms with Crippen molar-refractivity contribution in [2.45, 2.75) is 19.0 Å². The first-order valence-corrected chi connectivity index (χ1v) is 10.2. The molecule has 8 heteroatoms. The smallest absolute Gasteiger partial charge is 0.416 e. The lowest BCUT2D eigenvalue weighted by molar-refractivity contribution is -0.137. The van der Waals surface area contributed by atoms with Crippen molar-refractivity contribution < 1.29 is 22.7 Å². The van der Waals surface area contributed by atoms with Gasteiger partial charge in [0.2, 0.25) is 0 Å². The Bertz CT molecular complexity index is 987. The van der Waals surface area contributed by atoms with Crippen LogP contribution in [0, 0.1) is 17.2 Å². The highest BCUT2D eigenvalue weighted by molar-refractivity contribution is 5.97. The van der Waals surface area contributed by atoms with Crippen molar-refractivity contribution in [1.82, 2.24) is 4.90 Å². The van der Waals surface area contributed by atoms with Crippen LogP contribution in [-0.4, -0.2) is 43.6 Å². The minimum atomic E-state index is -4.36. The van der Waals surface area contributed by atoms with E-state index >= 15 is 0 Å². The third-order valence-corrected chi connectivity index (χ3v) is 5.64. The second-order valence-corrected chi connectivity index (χ2v) is 7.90. The lowest BCUT2D eigenvalue weighted by atomic mass is 10.1. The van der Waals surface area contributed by atoms with Crippen molar-refractivity contribution >= 4 is 11.6 Å². The summed E-state index contributed by atoms with van der Waals surface area (Å²) in [5.41, 5.74) is 0.786. The van der Waals surface area contributed by atoms with Crippen LogP contribution in [0.25, 0.3) is 0 Å². The van der Waals surface area contributed by atoms with E-state index in [4.69, 9.17) is 4.74 Å². The molecule has 2 aromatic rings. The van der Waals surface area contributed by atoms with Crippen molar-refractivity contribution in [3.8, 4) is 11.8 Å². The van der Waals surface area contributed by atoms with Crippen LogP contribution < -0.4 is 9.64 Å². The van der Waals surface area contributed by atoms with Gasteiger partial charge < -0.3 is 14.5 Å². The lowest BCUT2D eigenvalue weighted by Gasteiger charge is -2.36. The van der Waals surface area contributed by atoms with Gasteiger partial charge in [0.05, 0.1) is 29.4 Å². The van der Waals surface area contributed by atoms with E-state index in [-0.39, 0.29) is 5.91 Å². The van der Waals surface area contributed by atoms with Crippen molar-refractivity contribution in [3.63, 3.8) is 0 Å². The molecule has 1 heterocycles. The summed E-state index contributed by atoms with van der Waals surface area (Å²) < 4.78 is 44.1. The van der Waals surface area contributed by atoms with Crippen molar-refractivity contribution in [1.29, 1.82) is 5.26 Å². The molecular formula is C23H22F3N3O2. The number of ether oxygens (including phenoxy) is 1. The summed E-state index contributed by atoms with van der Waals surface area (Å²) >= 11 is 0. The molecule has 162 valence electrons. The molecule has 0 spiro atoms. The van der Waals surface area contributed by atoms with Crippen LogP contribution in [0.5, 0.6) is 5.75 Å². The largest absolute Gasteiger partial charge is 0.492 e. The molecule has 2 aliphatic rings. The van der Waals surface area contributed by atoms with E-state index < -0.39 is 11.7 Å². The van der Waals surface area contributed by atoms with Gasteiger partial charge in [-0.3, -0.25) is 4.79 Å². The Kier molecular flexibility index (Phi) is 5.77. The topological polar surface area (TPSA) is 56.6 Å². The Morgan fingerprint density at radius 2 is 1.74 bits per heavy atom. The summed E-state index contributed by atoms with van der Waals surface area (Å²) in [6, 6.07) is 12.0. The Morgan fingerprint density at radius 3 is 2.32 bits per heavy atom. The predicted octanol–water partition coefficient (Wildman–Crippen LogP) is 4.33. The first-order chi connectivity index (χ1) is 14.8. The van der Waals surface area contributed by atoms with Gasteiger partial charge in [0.25, 0.3) is 5.91 Å². The van der Waals surface area contributed by atoms with E-state index in [1.165, 1.54) is 12.1 Å². The maximum atomic E-state index is 13.1. The van der Waals surface area contributed by atoms with Crippen LogP contribution in [0.3, 0.4) is 0 Å². The number of carbonyl (C=O) groups is 1. The second-order valence-electron chi connectivity index (χ2n) is 7.90. The average molecular weight is 429 g/mol. The van der Waals surface area contributed by atoms with Crippen LogP contribution in [0.15, 0.2) is 42.5 Å². The fourth-order valence-corrected chi connectivity index (χ4v) is 3.58. The number of piperazine rings is 1. The molecule has 2 fully saturated rings. The molecule has 5 nitrogen and oxygen atoms in total. The number of anilines is 1. The van der Waals surface area contributed by atoms with Gasteiger partial charge in [0, 0.05) is 31.9 Å². The third kappa shape index (κ3) is 4.93. The van der Waals surface area contributed by atoms with Gasteiger partial charge in [0.15, 0.2) is 0 Å². The van der Waals surface area contributed by atoms with Gasteiger partial charge in [-0.05, 0) is 61.2 Å². The predicted molar refractivity (Wildman–Crippen MR) is 109 cm³/mol. The Hall–Kier alpha value is -3.21. The average Bonchev–Trinajstić information content (AvgIpc) is 3.61. The molecule has 0 bridgehead atoms. The first-order valence-electron chi connectivity index (χ1n) is 10.2. The summed E-state index contributed by atoms with van der Waals surface area (Å²) in [4.78, 5) is 16.8. The molecule has 1 saturated carbocycles. The van der Waals surface area contributed by atoms with Crippen molar-refractivity contribution in [3.05, 3.63) is 59.2 Å². The molecule has 0 unspecified atom stereocenters. The molecule has 0 N–H and O–H groups in total. The number of alkyl halides is 3. The number of nitriles is 1. The Morgan fingerprint density at radius 1 is 1.06 bits per heavy atom. The molecule has 2 aromatic carbocycles. The summed E-state index contributed by atoms with van der Waals surface area (Å²) in [6.45, 7) is 2.44. The fraction of sp³-hybridized carbons (Fsp3) is 0.391. The van der Waals surface area contributed by atoms with Gasteiger partial charge in [-0.2, -0.15) is 18.4 Å². The minimum absolute atomic E-state index is 0.199. The monoisotopic (exact) mass is 429 g/mol. The van der Waals surface area contributed by atoms with Crippen molar-refractivity contribution in [2.75, 3.05) is 37.7 Å². The van der Waals surface area contributed by atoms with Gasteiger partial charge in [-0.25, -0.2) is 0 Å². The Labute approximate surface area is 178 Å². The SMILES string of the molecule is N#Cc1ccc(OCC2CC2)c(C(=O)N2CCN(c3ccc(C(F)(F)F)cc3)CC2)c1. The van der Waals surface area contributed by atoms with E-state index in [0.29, 0.717) is 61.3 Å². The van der Waals surface area contributed by atoms with Gasteiger partial charge in [0.1, 0.15) is 5.75 Å². The molecule has 1 amide bonds. The third-order valence-electron chi connectivity index (χ3n) is 5.64. The highest BCUT2D eigenvalue weighted by Gasteiger charge is 2.31. The number of hydrogen-bond donors (Lipinski definition) is 0. The van der Waals surface area contributed by atoms with Crippen LogP contribution in [0.1, 0.15) is 34.3 Å². The zero-order chi connectivity index (χ0) is 22.0. The van der Waals surface area contributed by atoms with Crippen molar-refractivity contribution in [2.24, 2.45) is 5.92 Å². The van der Waals surface area contributed by atoms with E-state index in [0.717, 1.165) is 25.0 Å². The first kappa shape index (κ1) is 21.0. The molecule has 0 aromatic heterocycles. The van der Waals surface area contributed by atoms with Crippen LogP contribution in [0.4, 0.5) is 18.9 Å². The number of amides is 1. The summed E-state index contributed by atoms with van der Waals surface area (Å²) in [5.74, 6) is 0.821.